The molecule has 8 N–H and O–H groups in total. The smallest absolute Gasteiger partial charge is 0.326 e. The first kappa shape index (κ1) is 30.1. The van der Waals surface area contributed by atoms with Crippen LogP contribution in [0.25, 0.3) is 10.9 Å². The summed E-state index contributed by atoms with van der Waals surface area (Å²) in [5, 5.41) is 33.4. The number of para-hydroxylation sites is 1. The Balaban J connectivity index is 1.85. The summed E-state index contributed by atoms with van der Waals surface area (Å²) in [6, 6.07) is 2.31. The van der Waals surface area contributed by atoms with Crippen molar-refractivity contribution in [3.63, 3.8) is 0 Å². The largest absolute Gasteiger partial charge is 0.481 e. The number of H-pyrrole nitrogens is 1. The fourth-order valence-electron chi connectivity index (χ4n) is 4.70. The number of carboxylic acids is 3. The highest BCUT2D eigenvalue weighted by molar-refractivity contribution is 5.95. The van der Waals surface area contributed by atoms with Gasteiger partial charge in [0, 0.05) is 42.9 Å². The van der Waals surface area contributed by atoms with Crippen LogP contribution in [0.3, 0.4) is 0 Å². The summed E-state index contributed by atoms with van der Waals surface area (Å²) < 4.78 is 0. The molecule has 1 aromatic carbocycles. The number of fused-ring (bicyclic) bond motifs is 1. The van der Waals surface area contributed by atoms with Crippen LogP contribution in [0, 0.1) is 0 Å². The lowest BCUT2D eigenvalue weighted by Crippen LogP contribution is -2.57. The van der Waals surface area contributed by atoms with Gasteiger partial charge in [-0.25, -0.2) is 4.79 Å². The molecule has 3 rings (SSSR count). The molecule has 0 radical (unpaired) electrons. The number of aromatic nitrogens is 1. The van der Waals surface area contributed by atoms with Crippen molar-refractivity contribution in [1.29, 1.82) is 0 Å². The predicted molar refractivity (Wildman–Crippen MR) is 140 cm³/mol. The lowest BCUT2D eigenvalue weighted by molar-refractivity contribution is -0.150. The second-order valence-corrected chi connectivity index (χ2v) is 9.69. The van der Waals surface area contributed by atoms with Crippen LogP contribution in [0.5, 0.6) is 0 Å². The maximum atomic E-state index is 13.5. The number of hydrogen-bond donors (Lipinski definition) is 7. The first-order valence-electron chi connectivity index (χ1n) is 12.9. The summed E-state index contributed by atoms with van der Waals surface area (Å²) in [5.41, 5.74) is 7.28. The first-order chi connectivity index (χ1) is 19.0. The van der Waals surface area contributed by atoms with Crippen LogP contribution in [-0.4, -0.2) is 91.5 Å². The van der Waals surface area contributed by atoms with Crippen molar-refractivity contribution >= 4 is 46.5 Å². The van der Waals surface area contributed by atoms with Gasteiger partial charge in [0.05, 0.1) is 6.04 Å². The molecule has 3 amide bonds. The van der Waals surface area contributed by atoms with Gasteiger partial charge in [-0.1, -0.05) is 18.2 Å². The number of amides is 3. The number of carbonyl (C=O) groups excluding carboxylic acids is 3. The van der Waals surface area contributed by atoms with Gasteiger partial charge in [-0.2, -0.15) is 0 Å². The summed E-state index contributed by atoms with van der Waals surface area (Å²) in [7, 11) is 0. The van der Waals surface area contributed by atoms with Crippen molar-refractivity contribution < 1.29 is 44.1 Å². The van der Waals surface area contributed by atoms with E-state index in [1.807, 2.05) is 18.2 Å². The van der Waals surface area contributed by atoms with Crippen LogP contribution in [-0.2, 0) is 35.2 Å². The van der Waals surface area contributed by atoms with Crippen LogP contribution in [0.1, 0.15) is 44.1 Å². The molecule has 0 saturated carbocycles. The number of aliphatic carboxylic acids is 3. The van der Waals surface area contributed by atoms with Crippen molar-refractivity contribution in [1.82, 2.24) is 20.5 Å². The van der Waals surface area contributed by atoms with Crippen molar-refractivity contribution in [2.75, 3.05) is 6.54 Å². The average molecular weight is 560 g/mol. The van der Waals surface area contributed by atoms with Gasteiger partial charge in [0.2, 0.25) is 17.7 Å². The molecule has 1 saturated heterocycles. The van der Waals surface area contributed by atoms with Gasteiger partial charge in [-0.3, -0.25) is 24.0 Å². The monoisotopic (exact) mass is 559 g/mol. The van der Waals surface area contributed by atoms with E-state index in [4.69, 9.17) is 10.8 Å². The molecule has 2 aromatic rings. The van der Waals surface area contributed by atoms with Crippen molar-refractivity contribution in [3.8, 4) is 0 Å². The van der Waals surface area contributed by atoms with E-state index in [-0.39, 0.29) is 38.6 Å². The Kier molecular flexibility index (Phi) is 10.2. The van der Waals surface area contributed by atoms with E-state index < -0.39 is 66.2 Å². The predicted octanol–water partition coefficient (Wildman–Crippen LogP) is -0.187. The highest BCUT2D eigenvalue weighted by Crippen LogP contribution is 2.21. The molecule has 2 heterocycles. The van der Waals surface area contributed by atoms with Gasteiger partial charge in [-0.05, 0) is 37.3 Å². The van der Waals surface area contributed by atoms with Crippen LogP contribution in [0.15, 0.2) is 30.5 Å². The Bertz CT molecular complexity index is 1280. The number of aromatic amines is 1. The third-order valence-electron chi connectivity index (χ3n) is 6.82. The molecule has 1 fully saturated rings. The Morgan fingerprint density at radius 2 is 1.60 bits per heavy atom. The molecule has 4 unspecified atom stereocenters. The first-order valence-corrected chi connectivity index (χ1v) is 12.9. The van der Waals surface area contributed by atoms with Crippen LogP contribution in [0.4, 0.5) is 0 Å². The van der Waals surface area contributed by atoms with E-state index in [1.54, 1.807) is 12.3 Å². The number of nitrogens with two attached hydrogens (primary N) is 1. The van der Waals surface area contributed by atoms with Crippen LogP contribution < -0.4 is 16.4 Å². The summed E-state index contributed by atoms with van der Waals surface area (Å²) in [6.45, 7) is 0.142. The second-order valence-electron chi connectivity index (χ2n) is 9.69. The topological polar surface area (TPSA) is 232 Å². The molecule has 216 valence electrons. The molecule has 40 heavy (non-hydrogen) atoms. The number of benzene rings is 1. The summed E-state index contributed by atoms with van der Waals surface area (Å²) >= 11 is 0. The minimum Gasteiger partial charge on any atom is -0.481 e. The molecular weight excluding hydrogens is 526 g/mol. The third-order valence-corrected chi connectivity index (χ3v) is 6.82. The zero-order chi connectivity index (χ0) is 29.4. The zero-order valence-corrected chi connectivity index (χ0v) is 21.7. The van der Waals surface area contributed by atoms with Crippen LogP contribution >= 0.6 is 0 Å². The molecule has 0 aliphatic carbocycles. The average Bonchev–Trinajstić information content (AvgIpc) is 3.56. The molecule has 0 bridgehead atoms. The molecule has 1 aromatic heterocycles. The number of nitrogens with one attached hydrogen (secondary N) is 3. The zero-order valence-electron chi connectivity index (χ0n) is 21.7. The van der Waals surface area contributed by atoms with Gasteiger partial charge in [-0.15, -0.1) is 0 Å². The molecular formula is C26H33N5O9. The maximum Gasteiger partial charge on any atom is 0.326 e. The SMILES string of the molecule is NC(CCC(=O)O)C(=O)NC(Cc1c[nH]c2ccccc12)C(=O)NC(CCC(=O)O)C(=O)N1CCCC1C(=O)O. The number of carboxylic acid groups (broad SMARTS) is 3. The van der Waals surface area contributed by atoms with E-state index in [1.165, 1.54) is 0 Å². The second kappa shape index (κ2) is 13.6. The lowest BCUT2D eigenvalue weighted by atomic mass is 10.0. The fourth-order valence-corrected chi connectivity index (χ4v) is 4.70. The number of carbonyl (C=O) groups is 6. The molecule has 1 aliphatic rings. The maximum absolute atomic E-state index is 13.5. The minimum atomic E-state index is -1.35. The summed E-state index contributed by atoms with van der Waals surface area (Å²) in [6.07, 6.45) is 0.999. The van der Waals surface area contributed by atoms with Gasteiger partial charge in [0.15, 0.2) is 0 Å². The highest BCUT2D eigenvalue weighted by Gasteiger charge is 2.38. The van der Waals surface area contributed by atoms with Gasteiger partial charge in [0.1, 0.15) is 18.1 Å². The van der Waals surface area contributed by atoms with E-state index in [2.05, 4.69) is 15.6 Å². The molecule has 4 atom stereocenters. The Labute approximate surface area is 228 Å². The molecule has 1 aliphatic heterocycles. The normalized spacial score (nSPS) is 17.1. The van der Waals surface area contributed by atoms with E-state index >= 15 is 0 Å². The Morgan fingerprint density at radius 3 is 2.27 bits per heavy atom. The summed E-state index contributed by atoms with van der Waals surface area (Å²) in [4.78, 5) is 77.6. The van der Waals surface area contributed by atoms with Crippen molar-refractivity contribution in [3.05, 3.63) is 36.0 Å². The molecule has 14 nitrogen and oxygen atoms in total. The third kappa shape index (κ3) is 7.79. The summed E-state index contributed by atoms with van der Waals surface area (Å²) in [5.74, 6) is -5.86. The molecule has 14 heteroatoms. The Morgan fingerprint density at radius 1 is 0.950 bits per heavy atom. The molecule has 0 spiro atoms. The highest BCUT2D eigenvalue weighted by atomic mass is 16.4. The van der Waals surface area contributed by atoms with E-state index in [0.717, 1.165) is 15.8 Å². The number of rotatable bonds is 14. The fraction of sp³-hybridized carbons (Fsp3) is 0.462. The Hall–Kier alpha value is -4.46. The standard InChI is InChI=1S/C26H33N5O9/c27-16(7-9-21(32)33)23(36)30-19(12-14-13-28-17-5-2-1-4-15(14)17)24(37)29-18(8-10-22(34)35)25(38)31-11-3-6-20(31)26(39)40/h1-2,4-5,13,16,18-20,28H,3,6-12,27H2,(H,29,37)(H,30,36)(H,32,33)(H,34,35)(H,39,40). The van der Waals surface area contributed by atoms with Crippen molar-refractivity contribution in [2.45, 2.75) is 69.1 Å². The van der Waals surface area contributed by atoms with Gasteiger partial charge in [0.25, 0.3) is 0 Å². The lowest BCUT2D eigenvalue weighted by Gasteiger charge is -2.29. The van der Waals surface area contributed by atoms with Crippen LogP contribution in [0.2, 0.25) is 0 Å². The van der Waals surface area contributed by atoms with E-state index in [9.17, 15) is 39.0 Å². The van der Waals surface area contributed by atoms with Gasteiger partial charge < -0.3 is 41.6 Å². The quantitative estimate of drug-likeness (QED) is 0.161. The van der Waals surface area contributed by atoms with Gasteiger partial charge >= 0.3 is 17.9 Å². The number of hydrogen-bond acceptors (Lipinski definition) is 7. The van der Waals surface area contributed by atoms with E-state index in [0.29, 0.717) is 12.0 Å². The minimum absolute atomic E-state index is 0.0332. The number of nitrogens with zero attached hydrogens (tertiary/aromatic N) is 1. The van der Waals surface area contributed by atoms with Crippen molar-refractivity contribution in [2.24, 2.45) is 5.73 Å². The number of likely N-dealkylation sites (tertiary alicyclic amines) is 1.